The first-order valence-corrected chi connectivity index (χ1v) is 10.5. The lowest BCUT2D eigenvalue weighted by Gasteiger charge is -2.20. The fraction of sp³-hybridized carbons (Fsp3) is 0.133. The molecule has 0 fully saturated rings. The van der Waals surface area contributed by atoms with Gasteiger partial charge in [0.2, 0.25) is 7.38 Å². The first-order valence-electron chi connectivity index (χ1n) is 6.09. The predicted molar refractivity (Wildman–Crippen MR) is 86.3 cm³/mol. The first-order chi connectivity index (χ1) is 9.13. The van der Waals surface area contributed by atoms with Crippen LogP contribution in [0.15, 0.2) is 60.7 Å². The number of rotatable bonds is 4. The summed E-state index contributed by atoms with van der Waals surface area (Å²) in [5.74, 6) is 0. The minimum atomic E-state index is -2.28. The molecule has 1 unspecified atom stereocenters. The maximum Gasteiger partial charge on any atom is 0.203 e. The topological polar surface area (TPSA) is 17.1 Å². The minimum Gasteiger partial charge on any atom is -0.212 e. The maximum atomic E-state index is 11.5. The monoisotopic (exact) mass is 306 g/mol. The summed E-state index contributed by atoms with van der Waals surface area (Å²) >= 11 is 7.30. The summed E-state index contributed by atoms with van der Waals surface area (Å²) in [6.45, 7) is 2.04. The molecule has 0 aromatic heterocycles. The van der Waals surface area contributed by atoms with Gasteiger partial charge in [0.05, 0.1) is 15.7 Å². The lowest BCUT2D eigenvalue weighted by molar-refractivity contribution is 0.701. The van der Waals surface area contributed by atoms with Gasteiger partial charge in [-0.3, -0.25) is 0 Å². The van der Waals surface area contributed by atoms with Gasteiger partial charge in [0.25, 0.3) is 0 Å². The summed E-state index contributed by atoms with van der Waals surface area (Å²) in [6, 6.07) is 20.6. The fourth-order valence-corrected chi connectivity index (χ4v) is 6.23. The third-order valence-corrected chi connectivity index (χ3v) is 8.59. The van der Waals surface area contributed by atoms with Crippen molar-refractivity contribution in [2.24, 2.45) is 0 Å². The summed E-state index contributed by atoms with van der Waals surface area (Å²) in [5.41, 5.74) is 2.15. The van der Waals surface area contributed by atoms with E-state index in [1.807, 2.05) is 55.1 Å². The molecule has 0 bridgehead atoms. The van der Waals surface area contributed by atoms with Gasteiger partial charge < -0.3 is 0 Å². The standard InChI is InChI=1S/C15H15ClOSSi/c1-19(16,12-13-8-4-2-5-9-13)15(18-17)14-10-6-3-7-11-14/h2-11H,12H2,1H3. The van der Waals surface area contributed by atoms with Crippen molar-refractivity contribution in [2.45, 2.75) is 12.6 Å². The highest BCUT2D eigenvalue weighted by atomic mass is 35.6. The van der Waals surface area contributed by atoms with E-state index in [0.29, 0.717) is 11.3 Å². The van der Waals surface area contributed by atoms with Crippen LogP contribution >= 0.6 is 11.1 Å². The first kappa shape index (κ1) is 14.3. The summed E-state index contributed by atoms with van der Waals surface area (Å²) in [4.78, 5) is 0. The molecule has 0 aliphatic rings. The van der Waals surface area contributed by atoms with E-state index in [4.69, 9.17) is 11.1 Å². The Bertz CT molecular complexity index is 592. The van der Waals surface area contributed by atoms with Crippen LogP contribution in [0.1, 0.15) is 11.1 Å². The van der Waals surface area contributed by atoms with E-state index in [-0.39, 0.29) is 0 Å². The lowest BCUT2D eigenvalue weighted by Crippen LogP contribution is -2.38. The van der Waals surface area contributed by atoms with Gasteiger partial charge in [0.1, 0.15) is 0 Å². The number of halogens is 1. The second kappa shape index (κ2) is 6.33. The largest absolute Gasteiger partial charge is 0.212 e. The highest BCUT2D eigenvalue weighted by molar-refractivity contribution is 7.76. The molecule has 2 aromatic carbocycles. The van der Waals surface area contributed by atoms with Crippen molar-refractivity contribution >= 4 is 34.2 Å². The Kier molecular flexibility index (Phi) is 4.74. The van der Waals surface area contributed by atoms with Gasteiger partial charge in [-0.25, -0.2) is 4.21 Å². The molecule has 1 nitrogen and oxygen atoms in total. The van der Waals surface area contributed by atoms with Crippen LogP contribution < -0.4 is 0 Å². The zero-order valence-corrected chi connectivity index (χ0v) is 13.2. The summed E-state index contributed by atoms with van der Waals surface area (Å²) in [7, 11) is -2.28. The van der Waals surface area contributed by atoms with Crippen molar-refractivity contribution in [1.29, 1.82) is 0 Å². The van der Waals surface area contributed by atoms with E-state index in [2.05, 4.69) is 12.1 Å². The molecule has 0 heterocycles. The molecule has 0 aliphatic heterocycles. The molecule has 0 amide bonds. The van der Waals surface area contributed by atoms with Crippen LogP contribution in [0.4, 0.5) is 0 Å². The van der Waals surface area contributed by atoms with E-state index in [1.165, 1.54) is 5.56 Å². The second-order valence-electron chi connectivity index (χ2n) is 4.64. The zero-order chi connectivity index (χ0) is 13.7. The number of hydrogen-bond donors (Lipinski definition) is 0. The number of hydrogen-bond acceptors (Lipinski definition) is 1. The Morgan fingerprint density at radius 3 is 2.11 bits per heavy atom. The molecule has 2 rings (SSSR count). The Morgan fingerprint density at radius 2 is 1.58 bits per heavy atom. The van der Waals surface area contributed by atoms with E-state index in [0.717, 1.165) is 16.1 Å². The van der Waals surface area contributed by atoms with Crippen LogP contribution in [0.3, 0.4) is 0 Å². The van der Waals surface area contributed by atoms with Gasteiger partial charge in [0.15, 0.2) is 0 Å². The van der Waals surface area contributed by atoms with Crippen LogP contribution in [0.2, 0.25) is 6.55 Å². The van der Waals surface area contributed by atoms with Gasteiger partial charge in [-0.2, -0.15) is 11.1 Å². The molecule has 0 spiro atoms. The molecular weight excluding hydrogens is 292 g/mol. The predicted octanol–water partition coefficient (Wildman–Crippen LogP) is 3.56. The van der Waals surface area contributed by atoms with Gasteiger partial charge in [-0.05, 0) is 17.2 Å². The molecule has 19 heavy (non-hydrogen) atoms. The van der Waals surface area contributed by atoms with Crippen LogP contribution in [-0.2, 0) is 17.3 Å². The zero-order valence-electron chi connectivity index (χ0n) is 10.7. The molecule has 98 valence electrons. The smallest absolute Gasteiger partial charge is 0.203 e. The minimum absolute atomic E-state index is 0.546. The third-order valence-electron chi connectivity index (χ3n) is 2.97. The van der Waals surface area contributed by atoms with Crippen LogP contribution in [0.25, 0.3) is 0 Å². The van der Waals surface area contributed by atoms with Crippen LogP contribution in [-0.4, -0.2) is 16.1 Å². The molecule has 2 aromatic rings. The van der Waals surface area contributed by atoms with Crippen molar-refractivity contribution in [3.63, 3.8) is 0 Å². The molecule has 0 N–H and O–H groups in total. The molecule has 4 heteroatoms. The second-order valence-corrected chi connectivity index (χ2v) is 11.3. The third kappa shape index (κ3) is 3.66. The average Bonchev–Trinajstić information content (AvgIpc) is 2.41. The van der Waals surface area contributed by atoms with Crippen molar-refractivity contribution in [3.8, 4) is 0 Å². The molecule has 0 aliphatic carbocycles. The molecule has 0 saturated carbocycles. The summed E-state index contributed by atoms with van der Waals surface area (Å²) in [6.07, 6.45) is 0. The molecule has 0 saturated heterocycles. The Labute approximate surface area is 123 Å². The van der Waals surface area contributed by atoms with E-state index >= 15 is 0 Å². The molecule has 0 radical (unpaired) electrons. The van der Waals surface area contributed by atoms with E-state index in [1.54, 1.807) is 0 Å². The van der Waals surface area contributed by atoms with Gasteiger partial charge in [-0.1, -0.05) is 67.2 Å². The lowest BCUT2D eigenvalue weighted by atomic mass is 10.2. The van der Waals surface area contributed by atoms with Crippen molar-refractivity contribution in [2.75, 3.05) is 0 Å². The van der Waals surface area contributed by atoms with Crippen LogP contribution in [0.5, 0.6) is 0 Å². The molecule has 1 atom stereocenters. The normalized spacial score (nSPS) is 13.6. The van der Waals surface area contributed by atoms with E-state index < -0.39 is 7.38 Å². The van der Waals surface area contributed by atoms with Gasteiger partial charge in [-0.15, -0.1) is 0 Å². The Hall–Kier alpha value is -1.16. The van der Waals surface area contributed by atoms with Gasteiger partial charge >= 0.3 is 0 Å². The van der Waals surface area contributed by atoms with Crippen molar-refractivity contribution < 1.29 is 4.21 Å². The molecular formula is C15H15ClOSSi. The van der Waals surface area contributed by atoms with Crippen molar-refractivity contribution in [1.82, 2.24) is 0 Å². The van der Waals surface area contributed by atoms with Gasteiger partial charge in [0, 0.05) is 0 Å². The quantitative estimate of drug-likeness (QED) is 0.479. The summed E-state index contributed by atoms with van der Waals surface area (Å²) in [5, 5.41) is 0. The SMILES string of the molecule is C[Si](Cl)(Cc1ccccc1)C(=S=O)c1ccccc1. The maximum absolute atomic E-state index is 11.5. The van der Waals surface area contributed by atoms with Crippen LogP contribution in [0, 0.1) is 0 Å². The average molecular weight is 307 g/mol. The van der Waals surface area contributed by atoms with Crippen molar-refractivity contribution in [3.05, 3.63) is 71.8 Å². The fourth-order valence-electron chi connectivity index (χ4n) is 2.08. The Balaban J connectivity index is 2.30. The highest BCUT2D eigenvalue weighted by Gasteiger charge is 2.32. The highest BCUT2D eigenvalue weighted by Crippen LogP contribution is 2.21. The number of benzene rings is 2. The summed E-state index contributed by atoms with van der Waals surface area (Å²) < 4.78 is 12.3. The van der Waals surface area contributed by atoms with E-state index in [9.17, 15) is 4.21 Å². The Morgan fingerprint density at radius 1 is 1.05 bits per heavy atom.